The van der Waals surface area contributed by atoms with Crippen molar-refractivity contribution in [2.24, 2.45) is 0 Å². The fourth-order valence-electron chi connectivity index (χ4n) is 2.46. The quantitative estimate of drug-likeness (QED) is 0.771. The van der Waals surface area contributed by atoms with E-state index in [9.17, 15) is 4.79 Å². The minimum atomic E-state index is -0.742. The third-order valence-corrected chi connectivity index (χ3v) is 5.14. The minimum absolute atomic E-state index is 0.0773. The van der Waals surface area contributed by atoms with Crippen LogP contribution in [0.5, 0.6) is 0 Å². The average molecular weight is 245 g/mol. The summed E-state index contributed by atoms with van der Waals surface area (Å²) in [6, 6.07) is -0.399. The van der Waals surface area contributed by atoms with E-state index in [2.05, 4.69) is 19.2 Å². The van der Waals surface area contributed by atoms with E-state index >= 15 is 0 Å². The fraction of sp³-hybridized carbons (Fsp3) is 0.909. The second kappa shape index (κ2) is 4.20. The van der Waals surface area contributed by atoms with E-state index in [1.54, 1.807) is 11.8 Å². The molecular formula is C11H19NO3S. The molecule has 2 N–H and O–H groups in total. The number of carboxylic acid groups (broad SMARTS) is 1. The van der Waals surface area contributed by atoms with Crippen LogP contribution in [0, 0.1) is 0 Å². The first kappa shape index (κ1) is 12.2. The highest BCUT2D eigenvalue weighted by Crippen LogP contribution is 2.44. The number of hydrogen-bond donors (Lipinski definition) is 2. The second-order valence-electron chi connectivity index (χ2n) is 4.92. The zero-order chi connectivity index (χ0) is 11.8. The summed E-state index contributed by atoms with van der Waals surface area (Å²) in [5.41, 5.74) is -0.106. The smallest absolute Gasteiger partial charge is 0.321 e. The van der Waals surface area contributed by atoms with Crippen molar-refractivity contribution in [3.63, 3.8) is 0 Å². The van der Waals surface area contributed by atoms with Gasteiger partial charge in [0.25, 0.3) is 0 Å². The molecule has 92 valence electrons. The highest BCUT2D eigenvalue weighted by atomic mass is 32.2. The van der Waals surface area contributed by atoms with Crippen molar-refractivity contribution < 1.29 is 14.6 Å². The van der Waals surface area contributed by atoms with Gasteiger partial charge in [0.2, 0.25) is 0 Å². The maximum Gasteiger partial charge on any atom is 0.321 e. The van der Waals surface area contributed by atoms with Crippen LogP contribution < -0.4 is 5.32 Å². The third kappa shape index (κ3) is 2.21. The van der Waals surface area contributed by atoms with Gasteiger partial charge in [-0.3, -0.25) is 10.1 Å². The third-order valence-electron chi connectivity index (χ3n) is 3.63. The molecule has 0 aliphatic carbocycles. The van der Waals surface area contributed by atoms with Gasteiger partial charge in [0, 0.05) is 18.8 Å². The number of rotatable bonds is 2. The Morgan fingerprint density at radius 1 is 1.69 bits per heavy atom. The van der Waals surface area contributed by atoms with E-state index in [1.165, 1.54) is 0 Å². The van der Waals surface area contributed by atoms with Crippen LogP contribution in [0.4, 0.5) is 0 Å². The van der Waals surface area contributed by atoms with Crippen LogP contribution in [-0.4, -0.2) is 39.9 Å². The van der Waals surface area contributed by atoms with Crippen LogP contribution >= 0.6 is 11.8 Å². The highest BCUT2D eigenvalue weighted by Gasteiger charge is 2.48. The van der Waals surface area contributed by atoms with E-state index < -0.39 is 12.0 Å². The summed E-state index contributed by atoms with van der Waals surface area (Å²) in [4.78, 5) is 10.9. The first-order valence-corrected chi connectivity index (χ1v) is 6.76. The fourth-order valence-corrected chi connectivity index (χ4v) is 4.03. The minimum Gasteiger partial charge on any atom is -0.480 e. The Hall–Kier alpha value is -0.260. The average Bonchev–Trinajstić information content (AvgIpc) is 2.62. The van der Waals surface area contributed by atoms with Crippen molar-refractivity contribution in [1.29, 1.82) is 0 Å². The van der Waals surface area contributed by atoms with Crippen molar-refractivity contribution in [3.8, 4) is 0 Å². The molecule has 0 saturated carbocycles. The number of carboxylic acids is 1. The van der Waals surface area contributed by atoms with Gasteiger partial charge >= 0.3 is 5.97 Å². The molecule has 0 radical (unpaired) electrons. The van der Waals surface area contributed by atoms with Gasteiger partial charge in [-0.25, -0.2) is 0 Å². The highest BCUT2D eigenvalue weighted by molar-refractivity contribution is 8.01. The number of aliphatic carboxylic acids is 1. The molecule has 2 fully saturated rings. The Morgan fingerprint density at radius 2 is 2.44 bits per heavy atom. The Kier molecular flexibility index (Phi) is 3.20. The predicted molar refractivity (Wildman–Crippen MR) is 63.6 cm³/mol. The molecule has 0 aromatic carbocycles. The molecule has 2 saturated heterocycles. The zero-order valence-electron chi connectivity index (χ0n) is 9.78. The van der Waals surface area contributed by atoms with E-state index in [4.69, 9.17) is 9.84 Å². The van der Waals surface area contributed by atoms with Crippen LogP contribution in [0.3, 0.4) is 0 Å². The molecule has 2 aliphatic rings. The van der Waals surface area contributed by atoms with Gasteiger partial charge in [-0.1, -0.05) is 6.92 Å². The van der Waals surface area contributed by atoms with Crippen molar-refractivity contribution in [3.05, 3.63) is 0 Å². The topological polar surface area (TPSA) is 58.6 Å². The summed E-state index contributed by atoms with van der Waals surface area (Å²) in [5.74, 6) is -0.0798. The number of hydrogen-bond acceptors (Lipinski definition) is 4. The molecule has 1 spiro atoms. The van der Waals surface area contributed by atoms with Gasteiger partial charge in [0.1, 0.15) is 6.04 Å². The molecular weight excluding hydrogens is 226 g/mol. The zero-order valence-corrected chi connectivity index (χ0v) is 10.6. The van der Waals surface area contributed by atoms with Crippen molar-refractivity contribution >= 4 is 17.7 Å². The molecule has 2 rings (SSSR count). The van der Waals surface area contributed by atoms with E-state index in [0.29, 0.717) is 5.75 Å². The van der Waals surface area contributed by atoms with Crippen LogP contribution in [0.2, 0.25) is 0 Å². The Labute approximate surface area is 100 Å². The van der Waals surface area contributed by atoms with Crippen LogP contribution in [0.1, 0.15) is 33.1 Å². The summed E-state index contributed by atoms with van der Waals surface area (Å²) < 4.78 is 5.80. The molecule has 16 heavy (non-hydrogen) atoms. The summed E-state index contributed by atoms with van der Waals surface area (Å²) in [5, 5.41) is 12.3. The lowest BCUT2D eigenvalue weighted by Crippen LogP contribution is -2.53. The molecule has 3 atom stereocenters. The van der Waals surface area contributed by atoms with Gasteiger partial charge < -0.3 is 9.84 Å². The lowest BCUT2D eigenvalue weighted by Gasteiger charge is -2.43. The Balaban J connectivity index is 2.07. The Morgan fingerprint density at radius 3 is 3.00 bits per heavy atom. The summed E-state index contributed by atoms with van der Waals surface area (Å²) >= 11 is 1.75. The molecule has 0 bridgehead atoms. The summed E-state index contributed by atoms with van der Waals surface area (Å²) in [7, 11) is 0. The summed E-state index contributed by atoms with van der Waals surface area (Å²) in [6.45, 7) is 4.95. The molecule has 0 aromatic rings. The molecule has 2 unspecified atom stereocenters. The second-order valence-corrected chi connectivity index (χ2v) is 6.32. The standard InChI is InChI=1S/C11H19NO3S/c1-3-10(2)7-11(4-5-15-10)12-8(6-16-11)9(13)14/h8,12H,3-7H2,1-2H3,(H,13,14)/t8-,10?,11?/m1/s1. The number of carbonyl (C=O) groups is 1. The SMILES string of the molecule is CCC1(C)CC2(CCO1)N[C@@H](C(=O)O)CS2. The lowest BCUT2D eigenvalue weighted by atomic mass is 9.89. The molecule has 2 aliphatic heterocycles. The van der Waals surface area contributed by atoms with Crippen molar-refractivity contribution in [1.82, 2.24) is 5.32 Å². The van der Waals surface area contributed by atoms with Gasteiger partial charge in [0.05, 0.1) is 10.5 Å². The number of nitrogens with one attached hydrogen (secondary N) is 1. The largest absolute Gasteiger partial charge is 0.480 e. The van der Waals surface area contributed by atoms with Gasteiger partial charge in [-0.15, -0.1) is 11.8 Å². The van der Waals surface area contributed by atoms with Crippen molar-refractivity contribution in [2.75, 3.05) is 12.4 Å². The Bertz CT molecular complexity index is 299. The van der Waals surface area contributed by atoms with Crippen molar-refractivity contribution in [2.45, 2.75) is 49.6 Å². The normalized spacial score (nSPS) is 43.8. The number of ether oxygens (including phenoxy) is 1. The maximum atomic E-state index is 11.0. The van der Waals surface area contributed by atoms with E-state index in [-0.39, 0.29) is 10.5 Å². The van der Waals surface area contributed by atoms with E-state index in [0.717, 1.165) is 25.9 Å². The van der Waals surface area contributed by atoms with Crippen LogP contribution in [-0.2, 0) is 9.53 Å². The molecule has 5 heteroatoms. The van der Waals surface area contributed by atoms with Crippen LogP contribution in [0.15, 0.2) is 0 Å². The molecule has 4 nitrogen and oxygen atoms in total. The van der Waals surface area contributed by atoms with E-state index in [1.807, 2.05) is 0 Å². The maximum absolute atomic E-state index is 11.0. The predicted octanol–water partition coefficient (Wildman–Crippen LogP) is 1.45. The lowest BCUT2D eigenvalue weighted by molar-refractivity contribution is -0.139. The first-order chi connectivity index (χ1) is 7.49. The molecule has 0 amide bonds. The van der Waals surface area contributed by atoms with Gasteiger partial charge in [-0.2, -0.15) is 0 Å². The first-order valence-electron chi connectivity index (χ1n) is 5.77. The molecule has 2 heterocycles. The summed E-state index contributed by atoms with van der Waals surface area (Å²) in [6.07, 6.45) is 2.76. The molecule has 0 aromatic heterocycles. The monoisotopic (exact) mass is 245 g/mol. The number of thioether (sulfide) groups is 1. The van der Waals surface area contributed by atoms with Gasteiger partial charge in [0.15, 0.2) is 0 Å². The van der Waals surface area contributed by atoms with Crippen LogP contribution in [0.25, 0.3) is 0 Å². The van der Waals surface area contributed by atoms with Gasteiger partial charge in [-0.05, 0) is 19.8 Å².